The molecule has 1 atom stereocenters. The zero-order chi connectivity index (χ0) is 18.8. The quantitative estimate of drug-likeness (QED) is 0.873. The number of hydrogen-bond donors (Lipinski definition) is 2. The van der Waals surface area contributed by atoms with Gasteiger partial charge in [0.15, 0.2) is 0 Å². The first-order chi connectivity index (χ1) is 13.1. The maximum atomic E-state index is 13.1. The fraction of sp³-hybridized carbons (Fsp3) is 0.364. The minimum absolute atomic E-state index is 0.0711. The Balaban J connectivity index is 1.50. The van der Waals surface area contributed by atoms with Crippen molar-refractivity contribution in [3.63, 3.8) is 0 Å². The molecule has 0 spiro atoms. The first-order valence-corrected chi connectivity index (χ1v) is 9.70. The van der Waals surface area contributed by atoms with Gasteiger partial charge in [-0.05, 0) is 68.0 Å². The highest BCUT2D eigenvalue weighted by Gasteiger charge is 2.26. The maximum absolute atomic E-state index is 13.1. The van der Waals surface area contributed by atoms with Crippen molar-refractivity contribution in [3.8, 4) is 0 Å². The van der Waals surface area contributed by atoms with E-state index in [4.69, 9.17) is 0 Å². The van der Waals surface area contributed by atoms with Gasteiger partial charge < -0.3 is 15.5 Å². The molecule has 2 aromatic carbocycles. The van der Waals surface area contributed by atoms with Gasteiger partial charge >= 0.3 is 0 Å². The number of nitrogens with one attached hydrogen (secondary N) is 2. The molecular weight excluding hydrogens is 338 g/mol. The fourth-order valence-electron chi connectivity index (χ4n) is 3.97. The summed E-state index contributed by atoms with van der Waals surface area (Å²) in [6, 6.07) is 13.7. The highest BCUT2D eigenvalue weighted by atomic mass is 16.2. The zero-order valence-electron chi connectivity index (χ0n) is 15.6. The Morgan fingerprint density at radius 2 is 1.89 bits per heavy atom. The third kappa shape index (κ3) is 3.68. The SMILES string of the molecule is CC(Nc1ccc2c(c1)CCCC(=O)N2)C(=O)N1CCCc2ccccc21. The molecule has 5 nitrogen and oxygen atoms in total. The summed E-state index contributed by atoms with van der Waals surface area (Å²) >= 11 is 0. The fourth-order valence-corrected chi connectivity index (χ4v) is 3.97. The monoisotopic (exact) mass is 363 g/mol. The Morgan fingerprint density at radius 3 is 2.78 bits per heavy atom. The Labute approximate surface area is 159 Å². The first-order valence-electron chi connectivity index (χ1n) is 9.70. The van der Waals surface area contributed by atoms with Crippen molar-refractivity contribution in [2.75, 3.05) is 22.1 Å². The van der Waals surface area contributed by atoms with Crippen molar-refractivity contribution >= 4 is 28.9 Å². The maximum Gasteiger partial charge on any atom is 0.249 e. The lowest BCUT2D eigenvalue weighted by molar-refractivity contribution is -0.119. The molecule has 2 N–H and O–H groups in total. The molecule has 2 heterocycles. The summed E-state index contributed by atoms with van der Waals surface area (Å²) in [6.07, 6.45) is 4.29. The van der Waals surface area contributed by atoms with Gasteiger partial charge in [0, 0.05) is 30.0 Å². The normalized spacial score (nSPS) is 17.2. The summed E-state index contributed by atoms with van der Waals surface area (Å²) in [7, 11) is 0. The van der Waals surface area contributed by atoms with E-state index in [0.29, 0.717) is 6.42 Å². The van der Waals surface area contributed by atoms with Crippen LogP contribution >= 0.6 is 0 Å². The predicted molar refractivity (Wildman–Crippen MR) is 108 cm³/mol. The smallest absolute Gasteiger partial charge is 0.249 e. The molecule has 4 rings (SSSR count). The van der Waals surface area contributed by atoms with E-state index < -0.39 is 0 Å². The van der Waals surface area contributed by atoms with E-state index in [1.54, 1.807) is 0 Å². The minimum atomic E-state index is -0.324. The van der Waals surface area contributed by atoms with Gasteiger partial charge in [0.05, 0.1) is 0 Å². The molecule has 27 heavy (non-hydrogen) atoms. The van der Waals surface area contributed by atoms with Gasteiger partial charge in [0.2, 0.25) is 11.8 Å². The van der Waals surface area contributed by atoms with E-state index >= 15 is 0 Å². The first kappa shape index (κ1) is 17.6. The number of nitrogens with zero attached hydrogens (tertiary/aromatic N) is 1. The van der Waals surface area contributed by atoms with E-state index in [1.807, 2.05) is 42.2 Å². The number of rotatable bonds is 3. The molecule has 2 aliphatic heterocycles. The van der Waals surface area contributed by atoms with Gasteiger partial charge in [-0.2, -0.15) is 0 Å². The predicted octanol–water partition coefficient (Wildman–Crippen LogP) is 3.74. The molecule has 2 aromatic rings. The molecule has 0 saturated carbocycles. The van der Waals surface area contributed by atoms with Gasteiger partial charge in [-0.25, -0.2) is 0 Å². The van der Waals surface area contributed by atoms with Gasteiger partial charge in [-0.1, -0.05) is 18.2 Å². The van der Waals surface area contributed by atoms with Crippen molar-refractivity contribution in [2.45, 2.75) is 45.1 Å². The third-order valence-electron chi connectivity index (χ3n) is 5.36. The number of aryl methyl sites for hydroxylation is 2. The molecule has 0 saturated heterocycles. The van der Waals surface area contributed by atoms with Crippen LogP contribution in [0.15, 0.2) is 42.5 Å². The number of fused-ring (bicyclic) bond motifs is 2. The second kappa shape index (κ2) is 7.43. The van der Waals surface area contributed by atoms with E-state index in [0.717, 1.165) is 54.9 Å². The largest absolute Gasteiger partial charge is 0.374 e. The summed E-state index contributed by atoms with van der Waals surface area (Å²) in [6.45, 7) is 2.67. The van der Waals surface area contributed by atoms with Crippen LogP contribution in [0.4, 0.5) is 17.1 Å². The molecule has 0 aliphatic carbocycles. The minimum Gasteiger partial charge on any atom is -0.374 e. The molecule has 2 amide bonds. The third-order valence-corrected chi connectivity index (χ3v) is 5.36. The van der Waals surface area contributed by atoms with Crippen LogP contribution in [-0.4, -0.2) is 24.4 Å². The lowest BCUT2D eigenvalue weighted by Crippen LogP contribution is -2.44. The lowest BCUT2D eigenvalue weighted by Gasteiger charge is -2.32. The molecule has 140 valence electrons. The van der Waals surface area contributed by atoms with E-state index in [9.17, 15) is 9.59 Å². The number of carbonyl (C=O) groups excluding carboxylic acids is 2. The van der Waals surface area contributed by atoms with Gasteiger partial charge in [-0.3, -0.25) is 9.59 Å². The highest BCUT2D eigenvalue weighted by Crippen LogP contribution is 2.29. The second-order valence-corrected chi connectivity index (χ2v) is 7.36. The summed E-state index contributed by atoms with van der Waals surface area (Å²) in [5, 5.41) is 6.29. The van der Waals surface area contributed by atoms with Crippen molar-refractivity contribution in [2.24, 2.45) is 0 Å². The van der Waals surface area contributed by atoms with Gasteiger partial charge in [0.25, 0.3) is 0 Å². The number of carbonyl (C=O) groups is 2. The van der Waals surface area contributed by atoms with E-state index in [2.05, 4.69) is 22.8 Å². The molecule has 0 fully saturated rings. The number of hydrogen-bond acceptors (Lipinski definition) is 3. The van der Waals surface area contributed by atoms with Crippen molar-refractivity contribution < 1.29 is 9.59 Å². The second-order valence-electron chi connectivity index (χ2n) is 7.36. The van der Waals surface area contributed by atoms with Crippen LogP contribution in [-0.2, 0) is 22.4 Å². The van der Waals surface area contributed by atoms with Crippen LogP contribution in [0.2, 0.25) is 0 Å². The summed E-state index contributed by atoms with van der Waals surface area (Å²) in [5.74, 6) is 0.159. The van der Waals surface area contributed by atoms with Crippen LogP contribution in [0.1, 0.15) is 37.3 Å². The summed E-state index contributed by atoms with van der Waals surface area (Å²) in [4.78, 5) is 26.7. The molecule has 0 aromatic heterocycles. The Bertz CT molecular complexity index is 878. The number of anilines is 3. The zero-order valence-corrected chi connectivity index (χ0v) is 15.6. The summed E-state index contributed by atoms with van der Waals surface area (Å²) < 4.78 is 0. The van der Waals surface area contributed by atoms with E-state index in [1.165, 1.54) is 5.56 Å². The van der Waals surface area contributed by atoms with Crippen LogP contribution in [0.3, 0.4) is 0 Å². The van der Waals surface area contributed by atoms with E-state index in [-0.39, 0.29) is 17.9 Å². The molecule has 0 bridgehead atoms. The van der Waals surface area contributed by atoms with Crippen molar-refractivity contribution in [1.82, 2.24) is 0 Å². The number of para-hydroxylation sites is 1. The Morgan fingerprint density at radius 1 is 1.07 bits per heavy atom. The van der Waals surface area contributed by atoms with Gasteiger partial charge in [0.1, 0.15) is 6.04 Å². The number of amides is 2. The topological polar surface area (TPSA) is 61.4 Å². The van der Waals surface area contributed by atoms with Crippen LogP contribution < -0.4 is 15.5 Å². The standard InChI is InChI=1S/C22H25N3O2/c1-15(22(27)25-13-5-8-16-6-2-3-9-20(16)25)23-18-11-12-19-17(14-18)7-4-10-21(26)24-19/h2-3,6,9,11-12,14-15,23H,4-5,7-8,10,13H2,1H3,(H,24,26). The van der Waals surface area contributed by atoms with Crippen LogP contribution in [0, 0.1) is 0 Å². The van der Waals surface area contributed by atoms with Crippen LogP contribution in [0.5, 0.6) is 0 Å². The van der Waals surface area contributed by atoms with Crippen molar-refractivity contribution in [3.05, 3.63) is 53.6 Å². The van der Waals surface area contributed by atoms with Gasteiger partial charge in [-0.15, -0.1) is 0 Å². The average molecular weight is 363 g/mol. The Kier molecular flexibility index (Phi) is 4.84. The highest BCUT2D eigenvalue weighted by molar-refractivity contribution is 5.99. The number of benzene rings is 2. The molecular formula is C22H25N3O2. The summed E-state index contributed by atoms with van der Waals surface area (Å²) in [5.41, 5.74) is 5.19. The Hall–Kier alpha value is -2.82. The van der Waals surface area contributed by atoms with Crippen molar-refractivity contribution in [1.29, 1.82) is 0 Å². The lowest BCUT2D eigenvalue weighted by atomic mass is 10.0. The molecule has 1 unspecified atom stereocenters. The molecule has 2 aliphatic rings. The average Bonchev–Trinajstić information content (AvgIpc) is 2.87. The van der Waals surface area contributed by atoms with Crippen LogP contribution in [0.25, 0.3) is 0 Å². The molecule has 0 radical (unpaired) electrons. The molecule has 5 heteroatoms.